The molecule has 0 spiro atoms. The Morgan fingerprint density at radius 1 is 1.21 bits per heavy atom. The average Bonchev–Trinajstić information content (AvgIpc) is 2.90. The Balaban J connectivity index is 1.81. The number of hydrogen-bond acceptors (Lipinski definition) is 3. The van der Waals surface area contributed by atoms with Gasteiger partial charge in [-0.2, -0.15) is 0 Å². The van der Waals surface area contributed by atoms with Crippen molar-refractivity contribution in [2.45, 2.75) is 45.8 Å². The van der Waals surface area contributed by atoms with Gasteiger partial charge in [0.2, 0.25) is 0 Å². The fourth-order valence-corrected chi connectivity index (χ4v) is 3.30. The monoisotopic (exact) mass is 394 g/mol. The normalized spacial score (nSPS) is 15.6. The van der Waals surface area contributed by atoms with E-state index in [1.807, 2.05) is 13.8 Å². The first-order valence-electron chi connectivity index (χ1n) is 8.90. The van der Waals surface area contributed by atoms with Crippen LogP contribution in [-0.4, -0.2) is 16.7 Å². The van der Waals surface area contributed by atoms with E-state index in [1.165, 1.54) is 19.1 Å². The maximum absolute atomic E-state index is 14.3. The van der Waals surface area contributed by atoms with Crippen LogP contribution in [-0.2, 0) is 24.2 Å². The van der Waals surface area contributed by atoms with Gasteiger partial charge in [-0.25, -0.2) is 13.2 Å². The predicted molar refractivity (Wildman–Crippen MR) is 96.0 cm³/mol. The van der Waals surface area contributed by atoms with E-state index in [4.69, 9.17) is 14.6 Å². The molecule has 0 aliphatic carbocycles. The molecule has 150 valence electrons. The molecule has 7 heteroatoms. The molecule has 28 heavy (non-hydrogen) atoms. The second-order valence-corrected chi connectivity index (χ2v) is 7.66. The summed E-state index contributed by atoms with van der Waals surface area (Å²) in [5, 5.41) is 8.93. The van der Waals surface area contributed by atoms with Gasteiger partial charge in [-0.3, -0.25) is 4.79 Å². The number of benzene rings is 2. The zero-order valence-electron chi connectivity index (χ0n) is 15.8. The van der Waals surface area contributed by atoms with Crippen molar-refractivity contribution in [1.82, 2.24) is 0 Å². The van der Waals surface area contributed by atoms with Crippen LogP contribution < -0.4 is 9.47 Å². The van der Waals surface area contributed by atoms with Gasteiger partial charge in [0, 0.05) is 17.5 Å². The molecule has 1 N–H and O–H groups in total. The van der Waals surface area contributed by atoms with Crippen molar-refractivity contribution in [3.63, 3.8) is 0 Å². The number of aliphatic carboxylic acids is 1. The standard InChI is InChI=1S/C21H21F3O4/c1-11(20(25)26)6-12-7-16(23)19(17(24)8-12)27-10-14-13-9-21(2,3)28-18(13)5-4-15(14)22/h4-5,7-8,11H,6,9-10H2,1-3H3,(H,25,26). The molecular formula is C21H21F3O4. The Labute approximate surface area is 160 Å². The smallest absolute Gasteiger partial charge is 0.306 e. The molecule has 0 saturated heterocycles. The van der Waals surface area contributed by atoms with Gasteiger partial charge in [-0.1, -0.05) is 6.92 Å². The first kappa shape index (κ1) is 20.0. The van der Waals surface area contributed by atoms with Crippen LogP contribution in [0.25, 0.3) is 0 Å². The molecule has 1 heterocycles. The molecule has 1 unspecified atom stereocenters. The van der Waals surface area contributed by atoms with Gasteiger partial charge < -0.3 is 14.6 Å². The summed E-state index contributed by atoms with van der Waals surface area (Å²) < 4.78 is 54.0. The highest BCUT2D eigenvalue weighted by molar-refractivity contribution is 5.69. The summed E-state index contributed by atoms with van der Waals surface area (Å²) in [5.74, 6) is -4.39. The Bertz CT molecular complexity index is 901. The third-order valence-electron chi connectivity index (χ3n) is 4.70. The number of carboxylic acid groups (broad SMARTS) is 1. The Morgan fingerprint density at radius 2 is 1.86 bits per heavy atom. The summed E-state index contributed by atoms with van der Waals surface area (Å²) >= 11 is 0. The number of carboxylic acids is 1. The fraction of sp³-hybridized carbons (Fsp3) is 0.381. The molecular weight excluding hydrogens is 373 g/mol. The van der Waals surface area contributed by atoms with E-state index in [1.54, 1.807) is 0 Å². The maximum atomic E-state index is 14.3. The largest absolute Gasteiger partial charge is 0.487 e. The molecule has 1 aliphatic heterocycles. The SMILES string of the molecule is CC(Cc1cc(F)c(OCc2c(F)ccc3c2CC(C)(C)O3)c(F)c1)C(=O)O. The van der Waals surface area contributed by atoms with Gasteiger partial charge >= 0.3 is 5.97 Å². The van der Waals surface area contributed by atoms with Crippen molar-refractivity contribution >= 4 is 5.97 Å². The summed E-state index contributed by atoms with van der Waals surface area (Å²) in [4.78, 5) is 10.9. The molecule has 1 aliphatic rings. The van der Waals surface area contributed by atoms with Crippen LogP contribution in [0.5, 0.6) is 11.5 Å². The lowest BCUT2D eigenvalue weighted by atomic mass is 9.97. The molecule has 0 aromatic heterocycles. The van der Waals surface area contributed by atoms with Crippen molar-refractivity contribution < 1.29 is 32.5 Å². The van der Waals surface area contributed by atoms with E-state index >= 15 is 0 Å². The average molecular weight is 394 g/mol. The number of ether oxygens (including phenoxy) is 2. The van der Waals surface area contributed by atoms with E-state index < -0.39 is 40.7 Å². The summed E-state index contributed by atoms with van der Waals surface area (Å²) in [6.45, 7) is 4.83. The topological polar surface area (TPSA) is 55.8 Å². The van der Waals surface area contributed by atoms with Gasteiger partial charge in [-0.05, 0) is 50.1 Å². The van der Waals surface area contributed by atoms with E-state index in [9.17, 15) is 18.0 Å². The lowest BCUT2D eigenvalue weighted by molar-refractivity contribution is -0.141. The molecule has 2 aromatic rings. The third-order valence-corrected chi connectivity index (χ3v) is 4.70. The van der Waals surface area contributed by atoms with E-state index in [0.717, 1.165) is 12.1 Å². The second-order valence-electron chi connectivity index (χ2n) is 7.66. The highest BCUT2D eigenvalue weighted by Gasteiger charge is 2.33. The predicted octanol–water partition coefficient (Wildman–Crippen LogP) is 4.66. The number of halogens is 3. The van der Waals surface area contributed by atoms with E-state index in [0.29, 0.717) is 17.7 Å². The van der Waals surface area contributed by atoms with Crippen molar-refractivity contribution in [2.24, 2.45) is 5.92 Å². The first-order chi connectivity index (χ1) is 13.1. The Hall–Kier alpha value is -2.70. The summed E-state index contributed by atoms with van der Waals surface area (Å²) in [6, 6.07) is 4.84. The van der Waals surface area contributed by atoms with Crippen LogP contribution >= 0.6 is 0 Å². The maximum Gasteiger partial charge on any atom is 0.306 e. The minimum atomic E-state index is -1.06. The minimum absolute atomic E-state index is 0.0172. The lowest BCUT2D eigenvalue weighted by Crippen LogP contribution is -2.24. The number of hydrogen-bond donors (Lipinski definition) is 1. The van der Waals surface area contributed by atoms with Gasteiger partial charge in [0.1, 0.15) is 23.8 Å². The van der Waals surface area contributed by atoms with Crippen LogP contribution in [0.15, 0.2) is 24.3 Å². The van der Waals surface area contributed by atoms with Gasteiger partial charge in [0.25, 0.3) is 0 Å². The second kappa shape index (κ2) is 7.37. The molecule has 4 nitrogen and oxygen atoms in total. The van der Waals surface area contributed by atoms with Crippen molar-refractivity contribution in [1.29, 1.82) is 0 Å². The quantitative estimate of drug-likeness (QED) is 0.774. The zero-order chi connectivity index (χ0) is 20.6. The zero-order valence-corrected chi connectivity index (χ0v) is 15.8. The van der Waals surface area contributed by atoms with E-state index in [-0.39, 0.29) is 24.2 Å². The van der Waals surface area contributed by atoms with Crippen molar-refractivity contribution in [3.05, 3.63) is 58.4 Å². The van der Waals surface area contributed by atoms with Crippen LogP contribution in [0.4, 0.5) is 13.2 Å². The number of carbonyl (C=O) groups is 1. The van der Waals surface area contributed by atoms with Gasteiger partial charge in [-0.15, -0.1) is 0 Å². The summed E-state index contributed by atoms with van der Waals surface area (Å²) in [5.41, 5.74) is 0.534. The summed E-state index contributed by atoms with van der Waals surface area (Å²) in [6.07, 6.45) is 0.437. The van der Waals surface area contributed by atoms with Crippen LogP contribution in [0.2, 0.25) is 0 Å². The van der Waals surface area contributed by atoms with Crippen molar-refractivity contribution in [3.8, 4) is 11.5 Å². The highest BCUT2D eigenvalue weighted by Crippen LogP contribution is 2.38. The summed E-state index contributed by atoms with van der Waals surface area (Å²) in [7, 11) is 0. The van der Waals surface area contributed by atoms with Crippen molar-refractivity contribution in [2.75, 3.05) is 0 Å². The van der Waals surface area contributed by atoms with Crippen LogP contribution in [0, 0.1) is 23.4 Å². The van der Waals surface area contributed by atoms with Gasteiger partial charge in [0.05, 0.1) is 5.92 Å². The van der Waals surface area contributed by atoms with Gasteiger partial charge in [0.15, 0.2) is 17.4 Å². The number of rotatable bonds is 6. The molecule has 0 bridgehead atoms. The van der Waals surface area contributed by atoms with Crippen LogP contribution in [0.1, 0.15) is 37.5 Å². The Kier molecular flexibility index (Phi) is 5.28. The molecule has 2 aromatic carbocycles. The molecule has 0 fully saturated rings. The molecule has 0 amide bonds. The molecule has 0 saturated carbocycles. The molecule has 3 rings (SSSR count). The molecule has 1 atom stereocenters. The molecule has 0 radical (unpaired) electrons. The van der Waals surface area contributed by atoms with Crippen LogP contribution in [0.3, 0.4) is 0 Å². The number of fused-ring (bicyclic) bond motifs is 1. The van der Waals surface area contributed by atoms with E-state index in [2.05, 4.69) is 0 Å². The lowest BCUT2D eigenvalue weighted by Gasteiger charge is -2.16. The first-order valence-corrected chi connectivity index (χ1v) is 8.90. The minimum Gasteiger partial charge on any atom is -0.487 e. The third kappa shape index (κ3) is 4.08. The Morgan fingerprint density at radius 3 is 2.46 bits per heavy atom. The highest BCUT2D eigenvalue weighted by atomic mass is 19.1. The fourth-order valence-electron chi connectivity index (χ4n) is 3.30.